The fourth-order valence-corrected chi connectivity index (χ4v) is 1.60. The molecule has 2 N–H and O–H groups in total. The Kier molecular flexibility index (Phi) is 4.68. The van der Waals surface area contributed by atoms with Gasteiger partial charge in [0.05, 0.1) is 12.2 Å². The molecule has 2 amide bonds. The summed E-state index contributed by atoms with van der Waals surface area (Å²) in [7, 11) is 0. The highest BCUT2D eigenvalue weighted by Crippen LogP contribution is 2.13. The van der Waals surface area contributed by atoms with Crippen molar-refractivity contribution in [2.24, 2.45) is 0 Å². The lowest BCUT2D eigenvalue weighted by molar-refractivity contribution is -0.136. The largest absolute Gasteiger partial charge is 0.342 e. The Balaban J connectivity index is 1.86. The summed E-state index contributed by atoms with van der Waals surface area (Å²) < 4.78 is 0. The Morgan fingerprint density at radius 1 is 1.05 bits per heavy atom. The first kappa shape index (κ1) is 14.0. The number of carbonyl (C=O) groups is 2. The third kappa shape index (κ3) is 4.07. The van der Waals surface area contributed by atoms with Crippen LogP contribution in [0.1, 0.15) is 5.69 Å². The molecule has 1 aromatic carbocycles. The van der Waals surface area contributed by atoms with Gasteiger partial charge in [0, 0.05) is 16.9 Å². The number of carbonyl (C=O) groups excluding carboxylic acids is 2. The van der Waals surface area contributed by atoms with E-state index in [2.05, 4.69) is 15.6 Å². The second kappa shape index (κ2) is 6.68. The number of anilines is 1. The molecule has 0 aliphatic rings. The third-order valence-electron chi connectivity index (χ3n) is 2.46. The molecule has 0 spiro atoms. The molecule has 5 nitrogen and oxygen atoms in total. The van der Waals surface area contributed by atoms with Crippen LogP contribution in [0.3, 0.4) is 0 Å². The van der Waals surface area contributed by atoms with E-state index >= 15 is 0 Å². The van der Waals surface area contributed by atoms with E-state index in [1.54, 1.807) is 42.6 Å². The number of nitrogens with zero attached hydrogens (tertiary/aromatic N) is 1. The molecule has 0 aliphatic heterocycles. The molecular weight excluding hydrogens is 278 g/mol. The van der Waals surface area contributed by atoms with E-state index in [4.69, 9.17) is 11.6 Å². The molecule has 0 atom stereocenters. The van der Waals surface area contributed by atoms with E-state index in [1.807, 2.05) is 6.07 Å². The number of benzene rings is 1. The zero-order valence-corrected chi connectivity index (χ0v) is 11.2. The molecule has 1 heterocycles. The quantitative estimate of drug-likeness (QED) is 0.849. The van der Waals surface area contributed by atoms with Crippen LogP contribution in [-0.2, 0) is 16.1 Å². The third-order valence-corrected chi connectivity index (χ3v) is 2.72. The van der Waals surface area contributed by atoms with Crippen molar-refractivity contribution in [2.75, 3.05) is 5.32 Å². The highest BCUT2D eigenvalue weighted by Gasteiger charge is 2.13. The van der Waals surface area contributed by atoms with Crippen LogP contribution in [0.4, 0.5) is 5.69 Å². The second-order valence-corrected chi connectivity index (χ2v) is 4.40. The van der Waals surface area contributed by atoms with E-state index in [0.29, 0.717) is 16.4 Å². The minimum Gasteiger partial charge on any atom is -0.342 e. The lowest BCUT2D eigenvalue weighted by atomic mass is 10.3. The lowest BCUT2D eigenvalue weighted by Gasteiger charge is -2.06. The molecule has 0 radical (unpaired) electrons. The first-order chi connectivity index (χ1) is 9.65. The maximum absolute atomic E-state index is 11.6. The molecule has 0 aliphatic carbocycles. The van der Waals surface area contributed by atoms with Gasteiger partial charge in [-0.1, -0.05) is 17.7 Å². The van der Waals surface area contributed by atoms with Gasteiger partial charge in [-0.2, -0.15) is 0 Å². The Morgan fingerprint density at radius 3 is 2.45 bits per heavy atom. The average Bonchev–Trinajstić information content (AvgIpc) is 2.48. The predicted molar refractivity (Wildman–Crippen MR) is 76.2 cm³/mol. The molecule has 0 fully saturated rings. The molecule has 0 saturated heterocycles. The number of hydrogen-bond donors (Lipinski definition) is 2. The molecule has 0 unspecified atom stereocenters. The van der Waals surface area contributed by atoms with Crippen molar-refractivity contribution >= 4 is 29.1 Å². The molecule has 2 aromatic rings. The molecular formula is C14H12ClN3O2. The summed E-state index contributed by atoms with van der Waals surface area (Å²) in [6, 6.07) is 11.8. The average molecular weight is 290 g/mol. The van der Waals surface area contributed by atoms with Crippen LogP contribution in [0.5, 0.6) is 0 Å². The maximum atomic E-state index is 11.6. The SMILES string of the molecule is O=C(NCc1ccccn1)C(=O)Nc1ccc(Cl)cc1. The normalized spacial score (nSPS) is 9.85. The molecule has 6 heteroatoms. The molecule has 0 bridgehead atoms. The topological polar surface area (TPSA) is 71.1 Å². The Labute approximate surface area is 121 Å². The van der Waals surface area contributed by atoms with Gasteiger partial charge in [0.1, 0.15) is 0 Å². The van der Waals surface area contributed by atoms with Gasteiger partial charge in [0.2, 0.25) is 0 Å². The monoisotopic (exact) mass is 289 g/mol. The second-order valence-electron chi connectivity index (χ2n) is 3.96. The van der Waals surface area contributed by atoms with Crippen molar-refractivity contribution in [2.45, 2.75) is 6.54 Å². The van der Waals surface area contributed by atoms with Crippen LogP contribution < -0.4 is 10.6 Å². The molecule has 20 heavy (non-hydrogen) atoms. The van der Waals surface area contributed by atoms with E-state index in [9.17, 15) is 9.59 Å². The van der Waals surface area contributed by atoms with Gasteiger partial charge >= 0.3 is 11.8 Å². The van der Waals surface area contributed by atoms with Crippen LogP contribution in [0.25, 0.3) is 0 Å². The summed E-state index contributed by atoms with van der Waals surface area (Å²) in [5.41, 5.74) is 1.19. The smallest absolute Gasteiger partial charge is 0.313 e. The van der Waals surface area contributed by atoms with E-state index in [-0.39, 0.29) is 6.54 Å². The number of amides is 2. The zero-order valence-electron chi connectivity index (χ0n) is 10.5. The fraction of sp³-hybridized carbons (Fsp3) is 0.0714. The Morgan fingerprint density at radius 2 is 1.80 bits per heavy atom. The van der Waals surface area contributed by atoms with Crippen LogP contribution in [0, 0.1) is 0 Å². The summed E-state index contributed by atoms with van der Waals surface area (Å²) >= 11 is 5.73. The van der Waals surface area contributed by atoms with Gasteiger partial charge in [0.25, 0.3) is 0 Å². The summed E-state index contributed by atoms with van der Waals surface area (Å²) in [6.07, 6.45) is 1.62. The summed E-state index contributed by atoms with van der Waals surface area (Å²) in [5.74, 6) is -1.45. The van der Waals surface area contributed by atoms with Gasteiger partial charge in [-0.15, -0.1) is 0 Å². The van der Waals surface area contributed by atoms with Crippen LogP contribution in [0.15, 0.2) is 48.7 Å². The van der Waals surface area contributed by atoms with E-state index < -0.39 is 11.8 Å². The zero-order chi connectivity index (χ0) is 14.4. The van der Waals surface area contributed by atoms with Gasteiger partial charge in [-0.25, -0.2) is 0 Å². The lowest BCUT2D eigenvalue weighted by Crippen LogP contribution is -2.35. The molecule has 2 rings (SSSR count). The number of aromatic nitrogens is 1. The first-order valence-corrected chi connectivity index (χ1v) is 6.27. The minimum absolute atomic E-state index is 0.202. The van der Waals surface area contributed by atoms with Gasteiger partial charge in [0.15, 0.2) is 0 Å². The van der Waals surface area contributed by atoms with E-state index in [1.165, 1.54) is 0 Å². The molecule has 102 valence electrons. The summed E-state index contributed by atoms with van der Waals surface area (Å²) in [6.45, 7) is 0.202. The highest BCUT2D eigenvalue weighted by molar-refractivity contribution is 6.39. The number of rotatable bonds is 3. The molecule has 1 aromatic heterocycles. The minimum atomic E-state index is -0.733. The standard InChI is InChI=1S/C14H12ClN3O2/c15-10-4-6-11(7-5-10)18-14(20)13(19)17-9-12-3-1-2-8-16-12/h1-8H,9H2,(H,17,19)(H,18,20). The van der Waals surface area contributed by atoms with E-state index in [0.717, 1.165) is 0 Å². The van der Waals surface area contributed by atoms with Crippen molar-refractivity contribution in [3.8, 4) is 0 Å². The van der Waals surface area contributed by atoms with Gasteiger partial charge < -0.3 is 10.6 Å². The first-order valence-electron chi connectivity index (χ1n) is 5.90. The predicted octanol–water partition coefficient (Wildman–Crippen LogP) is 1.99. The van der Waals surface area contributed by atoms with Crippen LogP contribution in [-0.4, -0.2) is 16.8 Å². The van der Waals surface area contributed by atoms with Crippen molar-refractivity contribution in [1.82, 2.24) is 10.3 Å². The Bertz CT molecular complexity index is 600. The summed E-state index contributed by atoms with van der Waals surface area (Å²) in [5, 5.41) is 5.52. The van der Waals surface area contributed by atoms with Crippen LogP contribution >= 0.6 is 11.6 Å². The van der Waals surface area contributed by atoms with Crippen molar-refractivity contribution < 1.29 is 9.59 Å². The number of hydrogen-bond acceptors (Lipinski definition) is 3. The maximum Gasteiger partial charge on any atom is 0.313 e. The Hall–Kier alpha value is -2.40. The summed E-state index contributed by atoms with van der Waals surface area (Å²) in [4.78, 5) is 27.3. The fourth-order valence-electron chi connectivity index (χ4n) is 1.47. The van der Waals surface area contributed by atoms with Crippen LogP contribution in [0.2, 0.25) is 5.02 Å². The van der Waals surface area contributed by atoms with Gasteiger partial charge in [-0.3, -0.25) is 14.6 Å². The van der Waals surface area contributed by atoms with Crippen molar-refractivity contribution in [3.05, 3.63) is 59.4 Å². The number of halogens is 1. The van der Waals surface area contributed by atoms with Gasteiger partial charge in [-0.05, 0) is 36.4 Å². The van der Waals surface area contributed by atoms with Crippen molar-refractivity contribution in [3.63, 3.8) is 0 Å². The van der Waals surface area contributed by atoms with Crippen molar-refractivity contribution in [1.29, 1.82) is 0 Å². The number of pyridine rings is 1. The number of nitrogens with one attached hydrogen (secondary N) is 2. The molecule has 0 saturated carbocycles. The highest BCUT2D eigenvalue weighted by atomic mass is 35.5.